The van der Waals surface area contributed by atoms with E-state index >= 15 is 0 Å². The van der Waals surface area contributed by atoms with Gasteiger partial charge in [-0.3, -0.25) is 0 Å². The van der Waals surface area contributed by atoms with Crippen LogP contribution in [-0.2, 0) is 6.42 Å². The average Bonchev–Trinajstić information content (AvgIpc) is 2.21. The van der Waals surface area contributed by atoms with Crippen LogP contribution < -0.4 is 0 Å². The molecule has 0 saturated heterocycles. The third kappa shape index (κ3) is 4.23. The Labute approximate surface area is 108 Å². The summed E-state index contributed by atoms with van der Waals surface area (Å²) in [6.45, 7) is 2.19. The molecule has 0 aromatic heterocycles. The van der Waals surface area contributed by atoms with Crippen molar-refractivity contribution in [2.45, 2.75) is 26.2 Å². The number of hydrogen-bond donors (Lipinski definition) is 0. The van der Waals surface area contributed by atoms with Crippen LogP contribution in [0.15, 0.2) is 22.7 Å². The maximum Gasteiger partial charge on any atom is 0.124 e. The van der Waals surface area contributed by atoms with Crippen molar-refractivity contribution in [3.8, 4) is 0 Å². The minimum atomic E-state index is -0.184. The van der Waals surface area contributed by atoms with E-state index in [1.165, 1.54) is 30.5 Å². The number of alkyl halides is 1. The number of benzene rings is 1. The zero-order valence-electron chi connectivity index (χ0n) is 8.77. The highest BCUT2D eigenvalue weighted by Crippen LogP contribution is 2.23. The van der Waals surface area contributed by atoms with Gasteiger partial charge in [0.1, 0.15) is 5.82 Å². The highest BCUT2D eigenvalue weighted by atomic mass is 79.9. The fourth-order valence-corrected chi connectivity index (χ4v) is 2.71. The Kier molecular flexibility index (Phi) is 5.83. The predicted octanol–water partition coefficient (Wildman–Crippen LogP) is 4.94. The van der Waals surface area contributed by atoms with E-state index in [-0.39, 0.29) is 5.82 Å². The molecule has 0 fully saturated rings. The molecule has 15 heavy (non-hydrogen) atoms. The molecule has 0 amide bonds. The van der Waals surface area contributed by atoms with Crippen LogP contribution >= 0.6 is 31.9 Å². The van der Waals surface area contributed by atoms with Crippen molar-refractivity contribution in [3.05, 3.63) is 34.1 Å². The van der Waals surface area contributed by atoms with Crippen molar-refractivity contribution in [1.29, 1.82) is 0 Å². The molecule has 1 aromatic rings. The molecular formula is C12H15Br2F. The van der Waals surface area contributed by atoms with Crippen LogP contribution in [0, 0.1) is 11.7 Å². The van der Waals surface area contributed by atoms with Crippen molar-refractivity contribution in [3.63, 3.8) is 0 Å². The number of halogens is 3. The molecule has 0 heterocycles. The normalized spacial score (nSPS) is 12.8. The van der Waals surface area contributed by atoms with E-state index in [9.17, 15) is 4.39 Å². The lowest BCUT2D eigenvalue weighted by Gasteiger charge is -2.13. The summed E-state index contributed by atoms with van der Waals surface area (Å²) < 4.78 is 13.8. The van der Waals surface area contributed by atoms with Gasteiger partial charge in [0.2, 0.25) is 0 Å². The highest BCUT2D eigenvalue weighted by Gasteiger charge is 2.09. The van der Waals surface area contributed by atoms with E-state index < -0.39 is 0 Å². The summed E-state index contributed by atoms with van der Waals surface area (Å²) in [4.78, 5) is 0. The Morgan fingerprint density at radius 3 is 2.67 bits per heavy atom. The first-order chi connectivity index (χ1) is 7.17. The largest absolute Gasteiger partial charge is 0.207 e. The molecule has 0 spiro atoms. The van der Waals surface area contributed by atoms with E-state index in [1.54, 1.807) is 0 Å². The van der Waals surface area contributed by atoms with Crippen LogP contribution in [-0.4, -0.2) is 5.33 Å². The lowest BCUT2D eigenvalue weighted by atomic mass is 9.97. The predicted molar refractivity (Wildman–Crippen MR) is 70.0 cm³/mol. The number of rotatable bonds is 5. The van der Waals surface area contributed by atoms with Gasteiger partial charge in [-0.2, -0.15) is 0 Å². The second-order valence-electron chi connectivity index (χ2n) is 3.75. The number of hydrogen-bond acceptors (Lipinski definition) is 0. The Morgan fingerprint density at radius 2 is 2.13 bits per heavy atom. The van der Waals surface area contributed by atoms with Crippen molar-refractivity contribution in [1.82, 2.24) is 0 Å². The molecule has 0 aliphatic heterocycles. The molecule has 0 N–H and O–H groups in total. The molecular weight excluding hydrogens is 323 g/mol. The molecule has 0 bridgehead atoms. The zero-order valence-corrected chi connectivity index (χ0v) is 11.9. The minimum absolute atomic E-state index is 0.184. The van der Waals surface area contributed by atoms with E-state index in [2.05, 4.69) is 38.8 Å². The van der Waals surface area contributed by atoms with Gasteiger partial charge in [0.25, 0.3) is 0 Å². The molecule has 84 valence electrons. The fourth-order valence-electron chi connectivity index (χ4n) is 1.64. The molecule has 0 aliphatic carbocycles. The first kappa shape index (κ1) is 13.2. The summed E-state index contributed by atoms with van der Waals surface area (Å²) in [7, 11) is 0. The van der Waals surface area contributed by atoms with Crippen molar-refractivity contribution in [2.75, 3.05) is 5.33 Å². The minimum Gasteiger partial charge on any atom is -0.207 e. The van der Waals surface area contributed by atoms with Gasteiger partial charge in [-0.25, -0.2) is 4.39 Å². The third-order valence-corrected chi connectivity index (χ3v) is 4.09. The van der Waals surface area contributed by atoms with Crippen LogP contribution in [0.4, 0.5) is 4.39 Å². The molecule has 1 unspecified atom stereocenters. The zero-order chi connectivity index (χ0) is 11.3. The van der Waals surface area contributed by atoms with Gasteiger partial charge in [0, 0.05) is 9.80 Å². The second kappa shape index (κ2) is 6.64. The Balaban J connectivity index is 2.70. The quantitative estimate of drug-likeness (QED) is 0.667. The summed E-state index contributed by atoms with van der Waals surface area (Å²) in [6, 6.07) is 4.93. The van der Waals surface area contributed by atoms with Crippen LogP contribution in [0.2, 0.25) is 0 Å². The van der Waals surface area contributed by atoms with Gasteiger partial charge in [-0.15, -0.1) is 0 Å². The Bertz CT molecular complexity index is 312. The van der Waals surface area contributed by atoms with Crippen molar-refractivity contribution >= 4 is 31.9 Å². The van der Waals surface area contributed by atoms with E-state index in [1.807, 2.05) is 6.07 Å². The SMILES string of the molecule is CCCC(CBr)Cc1ccc(F)cc1Br. The maximum absolute atomic E-state index is 12.9. The van der Waals surface area contributed by atoms with Crippen LogP contribution in [0.25, 0.3) is 0 Å². The molecule has 0 saturated carbocycles. The monoisotopic (exact) mass is 336 g/mol. The third-order valence-electron chi connectivity index (χ3n) is 2.44. The summed E-state index contributed by atoms with van der Waals surface area (Å²) in [5, 5.41) is 1.00. The van der Waals surface area contributed by atoms with Gasteiger partial charge >= 0.3 is 0 Å². The lowest BCUT2D eigenvalue weighted by molar-refractivity contribution is 0.532. The molecule has 1 rings (SSSR count). The summed E-state index contributed by atoms with van der Waals surface area (Å²) in [6.07, 6.45) is 3.39. The summed E-state index contributed by atoms with van der Waals surface area (Å²) in [5.41, 5.74) is 1.19. The average molecular weight is 338 g/mol. The van der Waals surface area contributed by atoms with E-state index in [0.717, 1.165) is 16.2 Å². The summed E-state index contributed by atoms with van der Waals surface area (Å²) >= 11 is 6.92. The Morgan fingerprint density at radius 1 is 1.40 bits per heavy atom. The molecule has 0 aliphatic rings. The Hall–Kier alpha value is 0.110. The first-order valence-corrected chi connectivity index (χ1v) is 7.08. The van der Waals surface area contributed by atoms with Gasteiger partial charge in [0.05, 0.1) is 0 Å². The molecule has 1 aromatic carbocycles. The van der Waals surface area contributed by atoms with Gasteiger partial charge < -0.3 is 0 Å². The molecule has 0 nitrogen and oxygen atoms in total. The van der Waals surface area contributed by atoms with E-state index in [0.29, 0.717) is 5.92 Å². The lowest BCUT2D eigenvalue weighted by Crippen LogP contribution is -2.06. The molecule has 0 radical (unpaired) electrons. The van der Waals surface area contributed by atoms with Gasteiger partial charge in [-0.05, 0) is 36.5 Å². The first-order valence-electron chi connectivity index (χ1n) is 5.17. The van der Waals surface area contributed by atoms with Crippen LogP contribution in [0.3, 0.4) is 0 Å². The highest BCUT2D eigenvalue weighted by molar-refractivity contribution is 9.10. The molecule has 1 atom stereocenters. The van der Waals surface area contributed by atoms with Crippen molar-refractivity contribution in [2.24, 2.45) is 5.92 Å². The topological polar surface area (TPSA) is 0 Å². The van der Waals surface area contributed by atoms with Gasteiger partial charge in [-0.1, -0.05) is 51.3 Å². The maximum atomic E-state index is 12.9. The second-order valence-corrected chi connectivity index (χ2v) is 5.25. The van der Waals surface area contributed by atoms with Crippen molar-refractivity contribution < 1.29 is 4.39 Å². The standard InChI is InChI=1S/C12H15Br2F/c1-2-3-9(8-13)6-10-4-5-11(15)7-12(10)14/h4-5,7,9H,2-3,6,8H2,1H3. The van der Waals surface area contributed by atoms with Crippen LogP contribution in [0.1, 0.15) is 25.3 Å². The van der Waals surface area contributed by atoms with E-state index in [4.69, 9.17) is 0 Å². The van der Waals surface area contributed by atoms with Gasteiger partial charge in [0.15, 0.2) is 0 Å². The fraction of sp³-hybridized carbons (Fsp3) is 0.500. The molecule has 3 heteroatoms. The summed E-state index contributed by atoms with van der Waals surface area (Å²) in [5.74, 6) is 0.452. The van der Waals surface area contributed by atoms with Crippen LogP contribution in [0.5, 0.6) is 0 Å². The smallest absolute Gasteiger partial charge is 0.124 e.